The summed E-state index contributed by atoms with van der Waals surface area (Å²) in [6, 6.07) is 7.60. The van der Waals surface area contributed by atoms with Crippen LogP contribution in [0.3, 0.4) is 0 Å². The van der Waals surface area contributed by atoms with Crippen molar-refractivity contribution in [1.29, 1.82) is 0 Å². The molecule has 0 heterocycles. The van der Waals surface area contributed by atoms with E-state index in [1.807, 2.05) is 12.1 Å². The van der Waals surface area contributed by atoms with Gasteiger partial charge >= 0.3 is 0 Å². The smallest absolute Gasteiger partial charge is 0.220 e. The molecule has 0 aromatic heterocycles. The van der Waals surface area contributed by atoms with E-state index < -0.39 is 0 Å². The molecule has 2 rings (SSSR count). The van der Waals surface area contributed by atoms with Gasteiger partial charge in [0.1, 0.15) is 5.75 Å². The summed E-state index contributed by atoms with van der Waals surface area (Å²) in [6.45, 7) is 1.60. The third-order valence-corrected chi connectivity index (χ3v) is 2.97. The predicted octanol–water partition coefficient (Wildman–Crippen LogP) is 1.54. The van der Waals surface area contributed by atoms with E-state index in [-0.39, 0.29) is 11.7 Å². The zero-order valence-corrected chi connectivity index (χ0v) is 10.5. The molecule has 1 aromatic rings. The van der Waals surface area contributed by atoms with Crippen molar-refractivity contribution in [3.63, 3.8) is 0 Å². The Bertz CT molecular complexity index is 385. The van der Waals surface area contributed by atoms with Gasteiger partial charge < -0.3 is 15.7 Å². The molecule has 18 heavy (non-hydrogen) atoms. The first kappa shape index (κ1) is 12.9. The van der Waals surface area contributed by atoms with E-state index in [0.29, 0.717) is 12.5 Å². The number of hydrogen-bond acceptors (Lipinski definition) is 3. The van der Waals surface area contributed by atoms with Gasteiger partial charge in [-0.25, -0.2) is 0 Å². The number of aromatic hydroxyl groups is 1. The minimum Gasteiger partial charge on any atom is -0.508 e. The van der Waals surface area contributed by atoms with E-state index >= 15 is 0 Å². The van der Waals surface area contributed by atoms with Gasteiger partial charge in [-0.1, -0.05) is 12.1 Å². The second kappa shape index (κ2) is 6.40. The van der Waals surface area contributed by atoms with Crippen molar-refractivity contribution in [3.8, 4) is 5.75 Å². The molecule has 4 nitrogen and oxygen atoms in total. The summed E-state index contributed by atoms with van der Waals surface area (Å²) in [5.41, 5.74) is 1.13. The minimum atomic E-state index is 0.170. The van der Waals surface area contributed by atoms with Crippen molar-refractivity contribution in [1.82, 2.24) is 10.6 Å². The highest BCUT2D eigenvalue weighted by Crippen LogP contribution is 2.18. The van der Waals surface area contributed by atoms with Crippen LogP contribution in [-0.4, -0.2) is 23.6 Å². The maximum absolute atomic E-state index is 11.4. The van der Waals surface area contributed by atoms with Crippen LogP contribution in [0.4, 0.5) is 0 Å². The fourth-order valence-electron chi connectivity index (χ4n) is 1.75. The van der Waals surface area contributed by atoms with Gasteiger partial charge in [-0.15, -0.1) is 0 Å². The summed E-state index contributed by atoms with van der Waals surface area (Å²) in [5, 5.41) is 15.4. The Morgan fingerprint density at radius 2 is 2.00 bits per heavy atom. The Morgan fingerprint density at radius 1 is 1.28 bits per heavy atom. The van der Waals surface area contributed by atoms with Crippen LogP contribution in [-0.2, 0) is 11.3 Å². The van der Waals surface area contributed by atoms with Crippen molar-refractivity contribution < 1.29 is 9.90 Å². The average molecular weight is 248 g/mol. The molecular weight excluding hydrogens is 228 g/mol. The first-order valence-corrected chi connectivity index (χ1v) is 6.52. The van der Waals surface area contributed by atoms with Gasteiger partial charge in [0, 0.05) is 19.0 Å². The van der Waals surface area contributed by atoms with Crippen molar-refractivity contribution in [2.45, 2.75) is 38.3 Å². The lowest BCUT2D eigenvalue weighted by Crippen LogP contribution is -2.26. The predicted molar refractivity (Wildman–Crippen MR) is 70.2 cm³/mol. The molecule has 1 aliphatic rings. The molecule has 98 valence electrons. The summed E-state index contributed by atoms with van der Waals surface area (Å²) >= 11 is 0. The van der Waals surface area contributed by atoms with Crippen LogP contribution in [0.1, 0.15) is 31.2 Å². The average Bonchev–Trinajstić information content (AvgIpc) is 3.15. The molecule has 1 saturated carbocycles. The van der Waals surface area contributed by atoms with E-state index in [4.69, 9.17) is 5.11 Å². The molecule has 0 unspecified atom stereocenters. The SMILES string of the molecule is O=C(CCCNCc1ccc(O)cc1)NC1CC1. The van der Waals surface area contributed by atoms with Crippen LogP contribution in [0.2, 0.25) is 0 Å². The van der Waals surface area contributed by atoms with Gasteiger partial charge in [0.05, 0.1) is 0 Å². The molecule has 4 heteroatoms. The fraction of sp³-hybridized carbons (Fsp3) is 0.500. The number of hydrogen-bond donors (Lipinski definition) is 3. The monoisotopic (exact) mass is 248 g/mol. The maximum atomic E-state index is 11.4. The van der Waals surface area contributed by atoms with Crippen molar-refractivity contribution in [2.75, 3.05) is 6.54 Å². The fourth-order valence-corrected chi connectivity index (χ4v) is 1.75. The largest absolute Gasteiger partial charge is 0.508 e. The van der Waals surface area contributed by atoms with Crippen molar-refractivity contribution in [3.05, 3.63) is 29.8 Å². The van der Waals surface area contributed by atoms with Gasteiger partial charge in [0.15, 0.2) is 0 Å². The minimum absolute atomic E-state index is 0.170. The summed E-state index contributed by atoms with van der Waals surface area (Å²) < 4.78 is 0. The zero-order chi connectivity index (χ0) is 12.8. The van der Waals surface area contributed by atoms with Gasteiger partial charge in [-0.3, -0.25) is 4.79 Å². The first-order valence-electron chi connectivity index (χ1n) is 6.52. The molecule has 0 atom stereocenters. The number of nitrogens with one attached hydrogen (secondary N) is 2. The van der Waals surface area contributed by atoms with Crippen LogP contribution < -0.4 is 10.6 Å². The second-order valence-corrected chi connectivity index (χ2v) is 4.79. The van der Waals surface area contributed by atoms with Crippen molar-refractivity contribution >= 4 is 5.91 Å². The van der Waals surface area contributed by atoms with Crippen molar-refractivity contribution in [2.24, 2.45) is 0 Å². The highest BCUT2D eigenvalue weighted by Gasteiger charge is 2.22. The summed E-state index contributed by atoms with van der Waals surface area (Å²) in [5.74, 6) is 0.458. The van der Waals surface area contributed by atoms with E-state index in [1.165, 1.54) is 0 Å². The van der Waals surface area contributed by atoms with Crippen LogP contribution in [0.5, 0.6) is 5.75 Å². The normalized spacial score (nSPS) is 14.4. The highest BCUT2D eigenvalue weighted by molar-refractivity contribution is 5.76. The molecule has 0 bridgehead atoms. The molecule has 0 radical (unpaired) electrons. The molecule has 0 saturated heterocycles. The molecule has 0 spiro atoms. The first-order chi connectivity index (χ1) is 8.74. The Labute approximate surface area is 107 Å². The lowest BCUT2D eigenvalue weighted by molar-refractivity contribution is -0.121. The molecule has 1 aromatic carbocycles. The van der Waals surface area contributed by atoms with Crippen LogP contribution in [0.25, 0.3) is 0 Å². The number of benzene rings is 1. The zero-order valence-electron chi connectivity index (χ0n) is 10.5. The topological polar surface area (TPSA) is 61.4 Å². The van der Waals surface area contributed by atoms with Crippen LogP contribution in [0.15, 0.2) is 24.3 Å². The summed E-state index contributed by atoms with van der Waals surface area (Å²) in [4.78, 5) is 11.4. The number of phenolic OH excluding ortho intramolecular Hbond substituents is 1. The van der Waals surface area contributed by atoms with E-state index in [9.17, 15) is 4.79 Å². The third kappa shape index (κ3) is 4.75. The van der Waals surface area contributed by atoms with E-state index in [0.717, 1.165) is 37.9 Å². The molecule has 1 amide bonds. The Kier molecular flexibility index (Phi) is 4.59. The van der Waals surface area contributed by atoms with Crippen LogP contribution in [0, 0.1) is 0 Å². The quantitative estimate of drug-likeness (QED) is 0.641. The highest BCUT2D eigenvalue weighted by atomic mass is 16.3. The standard InChI is InChI=1S/C14H20N2O2/c17-13-7-3-11(4-8-13)10-15-9-1-2-14(18)16-12-5-6-12/h3-4,7-8,12,15,17H,1-2,5-6,9-10H2,(H,16,18). The molecule has 1 aliphatic carbocycles. The number of phenols is 1. The molecule has 1 fully saturated rings. The van der Waals surface area contributed by atoms with E-state index in [2.05, 4.69) is 10.6 Å². The number of carbonyl (C=O) groups excluding carboxylic acids is 1. The van der Waals surface area contributed by atoms with Gasteiger partial charge in [0.2, 0.25) is 5.91 Å². The van der Waals surface area contributed by atoms with Crippen LogP contribution >= 0.6 is 0 Å². The Hall–Kier alpha value is -1.55. The Balaban J connectivity index is 1.52. The van der Waals surface area contributed by atoms with E-state index in [1.54, 1.807) is 12.1 Å². The maximum Gasteiger partial charge on any atom is 0.220 e. The lowest BCUT2D eigenvalue weighted by Gasteiger charge is -2.05. The molecular formula is C14H20N2O2. The van der Waals surface area contributed by atoms with Gasteiger partial charge in [-0.2, -0.15) is 0 Å². The second-order valence-electron chi connectivity index (χ2n) is 4.79. The van der Waals surface area contributed by atoms with Gasteiger partial charge in [0.25, 0.3) is 0 Å². The molecule has 0 aliphatic heterocycles. The summed E-state index contributed by atoms with van der Waals surface area (Å²) in [7, 11) is 0. The lowest BCUT2D eigenvalue weighted by atomic mass is 10.2. The third-order valence-electron chi connectivity index (χ3n) is 2.97. The number of carbonyl (C=O) groups is 1. The number of rotatable bonds is 7. The van der Waals surface area contributed by atoms with Gasteiger partial charge in [-0.05, 0) is 43.5 Å². The molecule has 3 N–H and O–H groups in total. The number of amides is 1. The summed E-state index contributed by atoms with van der Waals surface area (Å²) in [6.07, 6.45) is 3.74. The Morgan fingerprint density at radius 3 is 2.67 bits per heavy atom.